The van der Waals surface area contributed by atoms with Gasteiger partial charge in [0.25, 0.3) is 0 Å². The van der Waals surface area contributed by atoms with Crippen LogP contribution in [0, 0.1) is 69.5 Å². The molecular weight excluding hydrogens is 491 g/mol. The number of rotatable bonds is 3. The summed E-state index contributed by atoms with van der Waals surface area (Å²) in [6.45, 7) is 3.33. The molecule has 34 heavy (non-hydrogen) atoms. The molecule has 174 valence electrons. The number of nitrogens with one attached hydrogen (secondary N) is 1. The Labute approximate surface area is 219 Å². The van der Waals surface area contributed by atoms with Gasteiger partial charge < -0.3 is 14.8 Å². The van der Waals surface area contributed by atoms with Crippen molar-refractivity contribution in [2.75, 3.05) is 36.0 Å². The molecule has 0 bridgehead atoms. The van der Waals surface area contributed by atoms with Crippen molar-refractivity contribution in [3.05, 3.63) is 118 Å². The SMILES string of the molecule is Cl.Fc1cc2[nH]c([C]3[CH][CH][CH][CH]3)nc2cc1N1CCN(c2ccccc2)CC1.[CH]1[CH][CH][CH][CH]1.[Fe+2]. The fraction of sp³-hybridized carbons (Fsp3) is 0.148. The number of anilines is 2. The van der Waals surface area contributed by atoms with Crippen molar-refractivity contribution in [3.63, 3.8) is 0 Å². The minimum Gasteiger partial charge on any atom is -0.368 e. The van der Waals surface area contributed by atoms with Gasteiger partial charge in [-0.3, -0.25) is 0 Å². The van der Waals surface area contributed by atoms with Crippen LogP contribution in [0.5, 0.6) is 0 Å². The van der Waals surface area contributed by atoms with Gasteiger partial charge in [-0.25, -0.2) is 9.37 Å². The van der Waals surface area contributed by atoms with Crippen LogP contribution >= 0.6 is 12.4 Å². The fourth-order valence-corrected chi connectivity index (χ4v) is 4.10. The van der Waals surface area contributed by atoms with E-state index in [2.05, 4.69) is 44.0 Å². The minimum absolute atomic E-state index is 0. The Balaban J connectivity index is 0.000000414. The number of piperazine rings is 1. The Morgan fingerprint density at radius 3 is 1.97 bits per heavy atom. The van der Waals surface area contributed by atoms with Crippen LogP contribution in [0.25, 0.3) is 11.0 Å². The molecule has 1 N–H and O–H groups in total. The number of imidazole rings is 1. The van der Waals surface area contributed by atoms with Crippen LogP contribution in [0.3, 0.4) is 0 Å². The van der Waals surface area contributed by atoms with Crippen molar-refractivity contribution in [2.45, 2.75) is 0 Å². The average Bonchev–Trinajstić information content (AvgIpc) is 3.62. The fourth-order valence-electron chi connectivity index (χ4n) is 4.10. The molecule has 4 nitrogen and oxygen atoms in total. The van der Waals surface area contributed by atoms with Crippen LogP contribution in [0.15, 0.2) is 42.5 Å². The molecule has 1 aromatic heterocycles. The first kappa shape index (κ1) is 26.8. The summed E-state index contributed by atoms with van der Waals surface area (Å²) in [5.74, 6) is 1.60. The maximum absolute atomic E-state index is 14.8. The Morgan fingerprint density at radius 2 is 1.35 bits per heavy atom. The largest absolute Gasteiger partial charge is 2.00 e. The van der Waals surface area contributed by atoms with Crippen LogP contribution in [-0.2, 0) is 17.1 Å². The van der Waals surface area contributed by atoms with Gasteiger partial charge in [-0.05, 0) is 76.0 Å². The molecular formula is C27H26ClFFeN4+2. The van der Waals surface area contributed by atoms with Gasteiger partial charge in [0.15, 0.2) is 0 Å². The summed E-state index contributed by atoms with van der Waals surface area (Å²) in [6.07, 6.45) is 17.9. The van der Waals surface area contributed by atoms with Gasteiger partial charge in [-0.2, -0.15) is 0 Å². The van der Waals surface area contributed by atoms with Gasteiger partial charge in [0.1, 0.15) is 11.6 Å². The normalized spacial score (nSPS) is 18.3. The number of halogens is 2. The molecule has 0 atom stereocenters. The van der Waals surface area contributed by atoms with Crippen LogP contribution in [0.4, 0.5) is 15.8 Å². The van der Waals surface area contributed by atoms with Gasteiger partial charge in [0, 0.05) is 43.9 Å². The van der Waals surface area contributed by atoms with E-state index in [1.807, 2.05) is 69.9 Å². The molecule has 10 radical (unpaired) electrons. The first-order valence-corrected chi connectivity index (χ1v) is 10.9. The maximum atomic E-state index is 14.8. The Hall–Kier alpha value is -1.75. The smallest absolute Gasteiger partial charge is 0.368 e. The van der Waals surface area contributed by atoms with E-state index in [1.165, 1.54) is 5.69 Å². The van der Waals surface area contributed by atoms with E-state index in [4.69, 9.17) is 0 Å². The zero-order chi connectivity index (χ0) is 21.8. The number of benzene rings is 2. The Bertz CT molecular complexity index is 1000. The van der Waals surface area contributed by atoms with Crippen molar-refractivity contribution in [3.8, 4) is 0 Å². The number of para-hydroxylation sites is 1. The molecule has 7 heteroatoms. The molecule has 3 aromatic rings. The summed E-state index contributed by atoms with van der Waals surface area (Å²) >= 11 is 0. The molecule has 1 saturated heterocycles. The van der Waals surface area contributed by atoms with Gasteiger partial charge in [0.05, 0.1) is 16.7 Å². The molecule has 2 heterocycles. The van der Waals surface area contributed by atoms with Crippen molar-refractivity contribution >= 4 is 34.8 Å². The first-order valence-electron chi connectivity index (χ1n) is 10.9. The third kappa shape index (κ3) is 6.27. The van der Waals surface area contributed by atoms with Crippen LogP contribution in [-0.4, -0.2) is 36.1 Å². The van der Waals surface area contributed by atoms with E-state index in [0.717, 1.165) is 49.0 Å². The second-order valence-electron chi connectivity index (χ2n) is 7.85. The summed E-state index contributed by atoms with van der Waals surface area (Å²) in [6, 6.07) is 13.8. The summed E-state index contributed by atoms with van der Waals surface area (Å²) < 4.78 is 14.8. The number of hydrogen-bond acceptors (Lipinski definition) is 3. The topological polar surface area (TPSA) is 35.2 Å². The summed E-state index contributed by atoms with van der Waals surface area (Å²) in [7, 11) is 0. The molecule has 3 fully saturated rings. The molecule has 6 rings (SSSR count). The molecule has 2 aliphatic carbocycles. The van der Waals surface area contributed by atoms with Crippen molar-refractivity contribution in [1.29, 1.82) is 0 Å². The predicted molar refractivity (Wildman–Crippen MR) is 135 cm³/mol. The van der Waals surface area contributed by atoms with E-state index in [-0.39, 0.29) is 35.3 Å². The zero-order valence-electron chi connectivity index (χ0n) is 18.5. The molecule has 3 aliphatic rings. The van der Waals surface area contributed by atoms with Crippen LogP contribution in [0.2, 0.25) is 0 Å². The number of nitrogens with zero attached hydrogens (tertiary/aromatic N) is 3. The molecule has 1 aliphatic heterocycles. The van der Waals surface area contributed by atoms with Gasteiger partial charge in [0.2, 0.25) is 0 Å². The third-order valence-corrected chi connectivity index (χ3v) is 5.78. The summed E-state index contributed by atoms with van der Waals surface area (Å²) in [5.41, 5.74) is 3.39. The molecule has 2 aromatic carbocycles. The van der Waals surface area contributed by atoms with Gasteiger partial charge in [-0.15, -0.1) is 12.4 Å². The van der Waals surface area contributed by atoms with E-state index < -0.39 is 0 Å². The Kier molecular flexibility index (Phi) is 10.1. The van der Waals surface area contributed by atoms with Gasteiger partial charge in [-0.1, -0.05) is 18.2 Å². The second kappa shape index (κ2) is 12.8. The van der Waals surface area contributed by atoms with Crippen LogP contribution < -0.4 is 9.80 Å². The van der Waals surface area contributed by atoms with Crippen molar-refractivity contribution in [2.24, 2.45) is 0 Å². The van der Waals surface area contributed by atoms with E-state index in [0.29, 0.717) is 5.69 Å². The first-order chi connectivity index (χ1) is 15.8. The number of aromatic nitrogens is 2. The van der Waals surface area contributed by atoms with Crippen LogP contribution in [0.1, 0.15) is 5.82 Å². The third-order valence-electron chi connectivity index (χ3n) is 5.78. The summed E-state index contributed by atoms with van der Waals surface area (Å²) in [5, 5.41) is 0. The standard InChI is InChI=1S/C22H20FN4.C5H5.ClH.Fe/c23-18-14-19-20(25-22(24-19)16-6-4-5-7-16)15-21(18)27-12-10-26(11-13-27)17-8-2-1-3-9-17;1-2-4-5-3-1;;/h1-9,14-15H,10-13H2,(H,24,25);1-5H;1H;/q;;;+2. The Morgan fingerprint density at radius 1 is 0.765 bits per heavy atom. The quantitative estimate of drug-likeness (QED) is 0.485. The van der Waals surface area contributed by atoms with Gasteiger partial charge >= 0.3 is 17.1 Å². The zero-order valence-corrected chi connectivity index (χ0v) is 20.5. The van der Waals surface area contributed by atoms with E-state index in [9.17, 15) is 4.39 Å². The number of fused-ring (bicyclic) bond motifs is 1. The minimum atomic E-state index is -0.201. The molecule has 0 spiro atoms. The molecule has 2 saturated carbocycles. The average molecular weight is 517 g/mol. The predicted octanol–water partition coefficient (Wildman–Crippen LogP) is 5.22. The monoisotopic (exact) mass is 516 g/mol. The molecule has 0 unspecified atom stereocenters. The molecule has 0 amide bonds. The number of hydrogen-bond donors (Lipinski definition) is 1. The van der Waals surface area contributed by atoms with Crippen molar-refractivity contribution in [1.82, 2.24) is 9.97 Å². The number of H-pyrrole nitrogens is 1. The van der Waals surface area contributed by atoms with E-state index >= 15 is 0 Å². The number of aromatic amines is 1. The summed E-state index contributed by atoms with van der Waals surface area (Å²) in [4.78, 5) is 12.3. The maximum Gasteiger partial charge on any atom is 2.00 e. The van der Waals surface area contributed by atoms with Crippen molar-refractivity contribution < 1.29 is 21.5 Å². The second-order valence-corrected chi connectivity index (χ2v) is 7.85. The van der Waals surface area contributed by atoms with E-state index in [1.54, 1.807) is 6.07 Å².